The summed E-state index contributed by atoms with van der Waals surface area (Å²) in [6.07, 6.45) is 1.19. The molecule has 2 nitrogen and oxygen atoms in total. The van der Waals surface area contributed by atoms with Crippen LogP contribution in [0.5, 0.6) is 0 Å². The third-order valence-corrected chi connectivity index (χ3v) is 1.49. The highest BCUT2D eigenvalue weighted by molar-refractivity contribution is 6.35. The molecule has 0 aliphatic carbocycles. The zero-order valence-corrected chi connectivity index (χ0v) is 8.20. The van der Waals surface area contributed by atoms with E-state index in [4.69, 9.17) is 4.74 Å². The molecule has 0 saturated carbocycles. The van der Waals surface area contributed by atoms with E-state index in [1.165, 1.54) is 0 Å². The van der Waals surface area contributed by atoms with Crippen molar-refractivity contribution >= 4 is 17.4 Å². The van der Waals surface area contributed by atoms with Gasteiger partial charge in [-0.05, 0) is 24.9 Å². The first-order valence-electron chi connectivity index (χ1n) is 3.85. The Labute approximate surface area is 80.5 Å². The average Bonchev–Trinajstić information content (AvgIpc) is 2.04. The van der Waals surface area contributed by atoms with Crippen LogP contribution in [0, 0.1) is 0 Å². The number of ketones is 1. The van der Waals surface area contributed by atoms with Gasteiger partial charge >= 0.3 is 5.38 Å². The van der Waals surface area contributed by atoms with E-state index in [1.54, 1.807) is 13.8 Å². The van der Waals surface area contributed by atoms with Crippen molar-refractivity contribution < 1.29 is 18.3 Å². The molecule has 0 radical (unpaired) electrons. The fraction of sp³-hybridized carbons (Fsp3) is 0.625. The van der Waals surface area contributed by atoms with Crippen molar-refractivity contribution in [3.63, 3.8) is 0 Å². The van der Waals surface area contributed by atoms with Crippen LogP contribution >= 0.6 is 11.6 Å². The third-order valence-electron chi connectivity index (χ3n) is 1.32. The zero-order valence-electron chi connectivity index (χ0n) is 7.44. The number of halogens is 3. The summed E-state index contributed by atoms with van der Waals surface area (Å²) < 4.78 is 29.3. The fourth-order valence-corrected chi connectivity index (χ4v) is 0.785. The Hall–Kier alpha value is -0.640. The molecule has 0 N–H and O–H groups in total. The molecule has 0 aliphatic rings. The second-order valence-electron chi connectivity index (χ2n) is 2.28. The molecule has 0 heterocycles. The van der Waals surface area contributed by atoms with E-state index >= 15 is 0 Å². The lowest BCUT2D eigenvalue weighted by atomic mass is 10.1. The van der Waals surface area contributed by atoms with Crippen LogP contribution in [0.25, 0.3) is 0 Å². The molecule has 76 valence electrons. The van der Waals surface area contributed by atoms with Gasteiger partial charge in [0.1, 0.15) is 0 Å². The average molecular weight is 213 g/mol. The Balaban J connectivity index is 4.50. The Morgan fingerprint density at radius 1 is 1.54 bits per heavy atom. The van der Waals surface area contributed by atoms with Crippen LogP contribution in [0.4, 0.5) is 8.78 Å². The summed E-state index contributed by atoms with van der Waals surface area (Å²) in [5.41, 5.74) is -0.109. The Morgan fingerprint density at radius 2 is 2.08 bits per heavy atom. The number of rotatable bonds is 5. The number of Topliss-reactive ketones (excluding diaryl/α,β-unsaturated/α-hetero) is 1. The van der Waals surface area contributed by atoms with Crippen LogP contribution in [-0.4, -0.2) is 17.8 Å². The summed E-state index contributed by atoms with van der Waals surface area (Å²) in [6.45, 7) is 3.59. The lowest BCUT2D eigenvalue weighted by Gasteiger charge is -2.08. The predicted octanol–water partition coefficient (Wildman–Crippen LogP) is 2.72. The van der Waals surface area contributed by atoms with Crippen molar-refractivity contribution in [2.24, 2.45) is 0 Å². The maximum Gasteiger partial charge on any atom is 0.384 e. The maximum atomic E-state index is 12.3. The number of hydrogen-bond acceptors (Lipinski definition) is 2. The molecule has 0 amide bonds. The van der Waals surface area contributed by atoms with Crippen molar-refractivity contribution in [2.75, 3.05) is 6.61 Å². The van der Waals surface area contributed by atoms with E-state index in [0.717, 1.165) is 6.26 Å². The van der Waals surface area contributed by atoms with E-state index in [2.05, 4.69) is 11.6 Å². The SMILES string of the molecule is CCO/C=C(/CC)C(=O)C(F)(F)Cl. The minimum atomic E-state index is -3.83. The molecule has 0 aromatic heterocycles. The van der Waals surface area contributed by atoms with Crippen molar-refractivity contribution in [3.8, 4) is 0 Å². The van der Waals surface area contributed by atoms with Gasteiger partial charge in [-0.2, -0.15) is 8.78 Å². The summed E-state index contributed by atoms with van der Waals surface area (Å²) in [7, 11) is 0. The lowest BCUT2D eigenvalue weighted by molar-refractivity contribution is -0.129. The van der Waals surface area contributed by atoms with Gasteiger partial charge in [0.25, 0.3) is 0 Å². The molecular weight excluding hydrogens is 202 g/mol. The molecule has 0 rings (SSSR count). The number of hydrogen-bond donors (Lipinski definition) is 0. The van der Waals surface area contributed by atoms with Gasteiger partial charge in [-0.3, -0.25) is 4.79 Å². The van der Waals surface area contributed by atoms with Gasteiger partial charge in [0.05, 0.1) is 12.9 Å². The van der Waals surface area contributed by atoms with Gasteiger partial charge in [0.15, 0.2) is 0 Å². The van der Waals surface area contributed by atoms with Crippen molar-refractivity contribution in [2.45, 2.75) is 25.7 Å². The number of carbonyl (C=O) groups is 1. The second-order valence-corrected chi connectivity index (χ2v) is 2.75. The number of carbonyl (C=O) groups excluding carboxylic acids is 1. The van der Waals surface area contributed by atoms with Crippen molar-refractivity contribution in [1.29, 1.82) is 0 Å². The summed E-state index contributed by atoms with van der Waals surface area (Å²) in [6, 6.07) is 0. The highest BCUT2D eigenvalue weighted by Crippen LogP contribution is 2.24. The molecule has 0 atom stereocenters. The molecule has 0 aromatic carbocycles. The van der Waals surface area contributed by atoms with E-state index in [0.29, 0.717) is 6.61 Å². The first kappa shape index (κ1) is 12.4. The maximum absolute atomic E-state index is 12.3. The molecular formula is C8H11ClF2O2. The van der Waals surface area contributed by atoms with Gasteiger partial charge < -0.3 is 4.74 Å². The molecule has 0 unspecified atom stereocenters. The molecule has 5 heteroatoms. The smallest absolute Gasteiger partial charge is 0.384 e. The van der Waals surface area contributed by atoms with Crippen LogP contribution in [-0.2, 0) is 9.53 Å². The first-order chi connectivity index (χ1) is 5.93. The molecule has 0 saturated heterocycles. The van der Waals surface area contributed by atoms with Crippen LogP contribution in [0.15, 0.2) is 11.8 Å². The van der Waals surface area contributed by atoms with Gasteiger partial charge in [0, 0.05) is 5.57 Å². The van der Waals surface area contributed by atoms with E-state index in [1.807, 2.05) is 0 Å². The van der Waals surface area contributed by atoms with Gasteiger partial charge in [-0.15, -0.1) is 0 Å². The topological polar surface area (TPSA) is 26.3 Å². The highest BCUT2D eigenvalue weighted by atomic mass is 35.5. The van der Waals surface area contributed by atoms with E-state index < -0.39 is 11.2 Å². The van der Waals surface area contributed by atoms with Gasteiger partial charge in [-0.25, -0.2) is 0 Å². The molecule has 0 bridgehead atoms. The minimum Gasteiger partial charge on any atom is -0.501 e. The summed E-state index contributed by atoms with van der Waals surface area (Å²) >= 11 is 4.56. The van der Waals surface area contributed by atoms with Crippen LogP contribution in [0.2, 0.25) is 0 Å². The van der Waals surface area contributed by atoms with Crippen LogP contribution < -0.4 is 0 Å². The lowest BCUT2D eigenvalue weighted by Crippen LogP contribution is -2.23. The van der Waals surface area contributed by atoms with Crippen LogP contribution in [0.3, 0.4) is 0 Å². The molecule has 0 fully saturated rings. The molecule has 0 aliphatic heterocycles. The second kappa shape index (κ2) is 5.17. The third kappa shape index (κ3) is 4.22. The quantitative estimate of drug-likeness (QED) is 0.398. The first-order valence-corrected chi connectivity index (χ1v) is 4.23. The van der Waals surface area contributed by atoms with Crippen molar-refractivity contribution in [3.05, 3.63) is 11.8 Å². The summed E-state index contributed by atoms with van der Waals surface area (Å²) in [5.74, 6) is -1.40. The standard InChI is InChI=1S/C8H11ClF2O2/c1-3-6(5-13-4-2)7(12)8(9,10)11/h5H,3-4H2,1-2H3/b6-5-. The highest BCUT2D eigenvalue weighted by Gasteiger charge is 2.37. The summed E-state index contributed by atoms with van der Waals surface area (Å²) in [4.78, 5) is 10.9. The van der Waals surface area contributed by atoms with Crippen molar-refractivity contribution in [1.82, 2.24) is 0 Å². The Morgan fingerprint density at radius 3 is 2.38 bits per heavy atom. The molecule has 0 aromatic rings. The largest absolute Gasteiger partial charge is 0.501 e. The minimum absolute atomic E-state index is 0.109. The number of allylic oxidation sites excluding steroid dienone is 1. The Bertz CT molecular complexity index is 209. The number of ether oxygens (including phenoxy) is 1. The number of alkyl halides is 3. The zero-order chi connectivity index (χ0) is 10.5. The monoisotopic (exact) mass is 212 g/mol. The van der Waals surface area contributed by atoms with Crippen LogP contribution in [0.1, 0.15) is 20.3 Å². The van der Waals surface area contributed by atoms with E-state index in [-0.39, 0.29) is 12.0 Å². The molecule has 0 spiro atoms. The Kier molecular flexibility index (Phi) is 4.91. The molecule has 13 heavy (non-hydrogen) atoms. The van der Waals surface area contributed by atoms with Gasteiger partial charge in [0.2, 0.25) is 5.78 Å². The fourth-order valence-electron chi connectivity index (χ4n) is 0.663. The summed E-state index contributed by atoms with van der Waals surface area (Å²) in [5, 5.41) is -3.83. The normalized spacial score (nSPS) is 12.8. The van der Waals surface area contributed by atoms with Gasteiger partial charge in [-0.1, -0.05) is 6.92 Å². The predicted molar refractivity (Wildman–Crippen MR) is 45.8 cm³/mol. The van der Waals surface area contributed by atoms with E-state index in [9.17, 15) is 13.6 Å².